The van der Waals surface area contributed by atoms with Gasteiger partial charge in [-0.15, -0.1) is 24.0 Å². The van der Waals surface area contributed by atoms with Crippen molar-refractivity contribution in [3.8, 4) is 5.75 Å². The van der Waals surface area contributed by atoms with E-state index in [0.717, 1.165) is 36.7 Å². The summed E-state index contributed by atoms with van der Waals surface area (Å²) in [5.41, 5.74) is 1.16. The third-order valence-corrected chi connectivity index (χ3v) is 3.32. The molecule has 0 atom stereocenters. The third kappa shape index (κ3) is 6.25. The van der Waals surface area contributed by atoms with Gasteiger partial charge >= 0.3 is 0 Å². The molecule has 0 bridgehead atoms. The highest BCUT2D eigenvalue weighted by atomic mass is 127. The van der Waals surface area contributed by atoms with Crippen LogP contribution in [-0.2, 0) is 6.54 Å². The summed E-state index contributed by atoms with van der Waals surface area (Å²) in [6.45, 7) is 6.28. The zero-order chi connectivity index (χ0) is 14.9. The molecule has 0 heterocycles. The van der Waals surface area contributed by atoms with Crippen molar-refractivity contribution in [2.45, 2.75) is 39.3 Å². The van der Waals surface area contributed by atoms with Gasteiger partial charge in [-0.25, -0.2) is 4.99 Å². The molecule has 5 heteroatoms. The lowest BCUT2D eigenvalue weighted by molar-refractivity contribution is 0.340. The number of nitrogens with zero attached hydrogens (tertiary/aromatic N) is 1. The molecule has 0 aromatic heterocycles. The Bertz CT molecular complexity index is 494. The van der Waals surface area contributed by atoms with Crippen molar-refractivity contribution >= 4 is 29.9 Å². The second-order valence-electron chi connectivity index (χ2n) is 5.06. The molecule has 22 heavy (non-hydrogen) atoms. The van der Waals surface area contributed by atoms with Gasteiger partial charge in [0.1, 0.15) is 5.75 Å². The number of hydrogen-bond donors (Lipinski definition) is 2. The molecule has 0 spiro atoms. The number of guanidine groups is 1. The van der Waals surface area contributed by atoms with E-state index >= 15 is 0 Å². The molecule has 2 rings (SSSR count). The Kier molecular flexibility index (Phi) is 8.96. The van der Waals surface area contributed by atoms with Crippen LogP contribution in [0.25, 0.3) is 0 Å². The first-order valence-electron chi connectivity index (χ1n) is 7.73. The first-order chi connectivity index (χ1) is 10.3. The highest BCUT2D eigenvalue weighted by Gasteiger charge is 2.11. The summed E-state index contributed by atoms with van der Waals surface area (Å²) in [6.07, 6.45) is 6.58. The first-order valence-corrected chi connectivity index (χ1v) is 7.73. The summed E-state index contributed by atoms with van der Waals surface area (Å²) in [4.78, 5) is 4.66. The Balaban J connectivity index is 0.00000242. The molecule has 1 aromatic carbocycles. The Morgan fingerprint density at radius 3 is 2.73 bits per heavy atom. The summed E-state index contributed by atoms with van der Waals surface area (Å²) < 4.78 is 5.52. The minimum atomic E-state index is 0. The SMILES string of the molecule is CCNC(=NCc1cccc(OCC)c1)NC1CC=CC1.I. The van der Waals surface area contributed by atoms with E-state index in [2.05, 4.69) is 40.8 Å². The summed E-state index contributed by atoms with van der Waals surface area (Å²) in [7, 11) is 0. The van der Waals surface area contributed by atoms with Gasteiger partial charge in [0.15, 0.2) is 5.96 Å². The number of ether oxygens (including phenoxy) is 1. The van der Waals surface area contributed by atoms with Crippen LogP contribution in [0.4, 0.5) is 0 Å². The maximum absolute atomic E-state index is 5.52. The van der Waals surface area contributed by atoms with Crippen LogP contribution in [0, 0.1) is 0 Å². The van der Waals surface area contributed by atoms with Crippen molar-refractivity contribution in [1.82, 2.24) is 10.6 Å². The van der Waals surface area contributed by atoms with Gasteiger partial charge in [0.2, 0.25) is 0 Å². The molecule has 1 aliphatic rings. The number of rotatable bonds is 6. The van der Waals surface area contributed by atoms with Crippen LogP contribution < -0.4 is 15.4 Å². The van der Waals surface area contributed by atoms with Crippen molar-refractivity contribution in [2.24, 2.45) is 4.99 Å². The van der Waals surface area contributed by atoms with Gasteiger partial charge in [0.25, 0.3) is 0 Å². The summed E-state index contributed by atoms with van der Waals surface area (Å²) in [5, 5.41) is 6.77. The Hall–Kier alpha value is -1.24. The van der Waals surface area contributed by atoms with Gasteiger partial charge in [-0.2, -0.15) is 0 Å². The largest absolute Gasteiger partial charge is 0.494 e. The van der Waals surface area contributed by atoms with Crippen molar-refractivity contribution in [1.29, 1.82) is 0 Å². The molecule has 0 unspecified atom stereocenters. The molecule has 1 aromatic rings. The van der Waals surface area contributed by atoms with Crippen LogP contribution in [-0.4, -0.2) is 25.2 Å². The zero-order valence-electron chi connectivity index (χ0n) is 13.3. The smallest absolute Gasteiger partial charge is 0.191 e. The minimum absolute atomic E-state index is 0. The fourth-order valence-corrected chi connectivity index (χ4v) is 2.32. The van der Waals surface area contributed by atoms with Crippen LogP contribution >= 0.6 is 24.0 Å². The van der Waals surface area contributed by atoms with Gasteiger partial charge in [0, 0.05) is 12.6 Å². The quantitative estimate of drug-likeness (QED) is 0.324. The molecule has 0 amide bonds. The van der Waals surface area contributed by atoms with E-state index in [0.29, 0.717) is 19.2 Å². The molecule has 0 fully saturated rings. The molecular formula is C17H26IN3O. The van der Waals surface area contributed by atoms with Crippen LogP contribution in [0.3, 0.4) is 0 Å². The standard InChI is InChI=1S/C17H25N3O.HI/c1-3-18-17(20-15-9-5-6-10-15)19-13-14-8-7-11-16(12-14)21-4-2;/h5-8,11-12,15H,3-4,9-10,13H2,1-2H3,(H2,18,19,20);1H. The Morgan fingerprint density at radius 1 is 1.27 bits per heavy atom. The van der Waals surface area contributed by atoms with E-state index in [1.54, 1.807) is 0 Å². The summed E-state index contributed by atoms with van der Waals surface area (Å²) in [5.74, 6) is 1.79. The molecule has 0 saturated heterocycles. The fourth-order valence-electron chi connectivity index (χ4n) is 2.32. The molecule has 0 aliphatic heterocycles. The van der Waals surface area contributed by atoms with Crippen LogP contribution in [0.5, 0.6) is 5.75 Å². The van der Waals surface area contributed by atoms with Crippen molar-refractivity contribution in [3.63, 3.8) is 0 Å². The van der Waals surface area contributed by atoms with Gasteiger partial charge in [-0.3, -0.25) is 0 Å². The molecule has 1 aliphatic carbocycles. The second kappa shape index (κ2) is 10.5. The van der Waals surface area contributed by atoms with E-state index in [4.69, 9.17) is 4.74 Å². The number of nitrogens with one attached hydrogen (secondary N) is 2. The molecule has 0 saturated carbocycles. The second-order valence-corrected chi connectivity index (χ2v) is 5.06. The van der Waals surface area contributed by atoms with Crippen LogP contribution in [0.15, 0.2) is 41.4 Å². The van der Waals surface area contributed by atoms with Crippen molar-refractivity contribution < 1.29 is 4.74 Å². The predicted molar refractivity (Wildman–Crippen MR) is 103 cm³/mol. The predicted octanol–water partition coefficient (Wildman–Crippen LogP) is 3.48. The molecule has 4 nitrogen and oxygen atoms in total. The number of benzene rings is 1. The maximum Gasteiger partial charge on any atom is 0.191 e. The maximum atomic E-state index is 5.52. The number of aliphatic imine (C=N–C) groups is 1. The van der Waals surface area contributed by atoms with Crippen LogP contribution in [0.2, 0.25) is 0 Å². The fraction of sp³-hybridized carbons (Fsp3) is 0.471. The lowest BCUT2D eigenvalue weighted by Gasteiger charge is -2.16. The Morgan fingerprint density at radius 2 is 2.05 bits per heavy atom. The number of halogens is 1. The number of hydrogen-bond acceptors (Lipinski definition) is 2. The van der Waals surface area contributed by atoms with Gasteiger partial charge in [-0.1, -0.05) is 24.3 Å². The highest BCUT2D eigenvalue weighted by molar-refractivity contribution is 14.0. The monoisotopic (exact) mass is 415 g/mol. The van der Waals surface area contributed by atoms with Gasteiger partial charge in [-0.05, 0) is 44.4 Å². The van der Waals surface area contributed by atoms with Crippen molar-refractivity contribution in [2.75, 3.05) is 13.2 Å². The van der Waals surface area contributed by atoms with E-state index in [1.165, 1.54) is 0 Å². The summed E-state index contributed by atoms with van der Waals surface area (Å²) in [6, 6.07) is 8.58. The first kappa shape index (κ1) is 18.8. The van der Waals surface area contributed by atoms with Crippen molar-refractivity contribution in [3.05, 3.63) is 42.0 Å². The molecule has 0 radical (unpaired) electrons. The average molecular weight is 415 g/mol. The average Bonchev–Trinajstić information content (AvgIpc) is 2.99. The molecule has 2 N–H and O–H groups in total. The minimum Gasteiger partial charge on any atom is -0.494 e. The lowest BCUT2D eigenvalue weighted by Crippen LogP contribution is -2.42. The van der Waals surface area contributed by atoms with Gasteiger partial charge in [0.05, 0.1) is 13.2 Å². The lowest BCUT2D eigenvalue weighted by atomic mass is 10.2. The van der Waals surface area contributed by atoms with Crippen LogP contribution in [0.1, 0.15) is 32.3 Å². The Labute approximate surface area is 150 Å². The highest BCUT2D eigenvalue weighted by Crippen LogP contribution is 2.14. The van der Waals surface area contributed by atoms with E-state index in [9.17, 15) is 0 Å². The molecular weight excluding hydrogens is 389 g/mol. The van der Waals surface area contributed by atoms with E-state index < -0.39 is 0 Å². The third-order valence-electron chi connectivity index (χ3n) is 3.32. The van der Waals surface area contributed by atoms with E-state index in [1.807, 2.05) is 25.1 Å². The zero-order valence-corrected chi connectivity index (χ0v) is 15.7. The summed E-state index contributed by atoms with van der Waals surface area (Å²) >= 11 is 0. The normalized spacial score (nSPS) is 14.5. The topological polar surface area (TPSA) is 45.7 Å². The molecule has 122 valence electrons. The van der Waals surface area contributed by atoms with Gasteiger partial charge < -0.3 is 15.4 Å². The van der Waals surface area contributed by atoms with E-state index in [-0.39, 0.29) is 24.0 Å².